The molecule has 0 aromatic carbocycles. The van der Waals surface area contributed by atoms with E-state index in [1.165, 1.54) is 6.92 Å². The van der Waals surface area contributed by atoms with Crippen LogP contribution in [0.1, 0.15) is 13.8 Å². The highest BCUT2D eigenvalue weighted by molar-refractivity contribution is 7.52. The first-order valence-electron chi connectivity index (χ1n) is 3.15. The van der Waals surface area contributed by atoms with Crippen molar-refractivity contribution in [2.24, 2.45) is 0 Å². The second-order valence-electron chi connectivity index (χ2n) is 2.46. The Balaban J connectivity index is 3.80. The molecule has 0 radical (unpaired) electrons. The van der Waals surface area contributed by atoms with Crippen molar-refractivity contribution in [2.75, 3.05) is 6.61 Å². The van der Waals surface area contributed by atoms with Gasteiger partial charge in [0.2, 0.25) is 0 Å². The molecule has 0 saturated carbocycles. The molecule has 4 nitrogen and oxygen atoms in total. The van der Waals surface area contributed by atoms with Crippen LogP contribution in [0.15, 0.2) is 12.2 Å². The van der Waals surface area contributed by atoms with Crippen LogP contribution >= 0.6 is 7.60 Å². The van der Waals surface area contributed by atoms with Crippen molar-refractivity contribution in [1.82, 2.24) is 0 Å². The van der Waals surface area contributed by atoms with Gasteiger partial charge in [-0.3, -0.25) is 4.57 Å². The maximum absolute atomic E-state index is 10.5. The maximum Gasteiger partial charge on any atom is 0.353 e. The first-order valence-corrected chi connectivity index (χ1v) is 4.83. The number of ether oxygens (including phenoxy) is 1. The molecule has 0 aliphatic carbocycles. The van der Waals surface area contributed by atoms with Crippen molar-refractivity contribution < 1.29 is 19.1 Å². The second kappa shape index (κ2) is 4.02. The Morgan fingerprint density at radius 3 is 2.45 bits per heavy atom. The SMILES string of the molecule is C=C(C)COC(C)P(=O)(O)O. The van der Waals surface area contributed by atoms with Gasteiger partial charge in [-0.25, -0.2) is 0 Å². The summed E-state index contributed by atoms with van der Waals surface area (Å²) in [6, 6.07) is 0. The minimum Gasteiger partial charge on any atom is -0.362 e. The van der Waals surface area contributed by atoms with Crippen molar-refractivity contribution in [3.63, 3.8) is 0 Å². The zero-order valence-corrected chi connectivity index (χ0v) is 7.54. The zero-order valence-electron chi connectivity index (χ0n) is 6.65. The molecule has 11 heavy (non-hydrogen) atoms. The third-order valence-electron chi connectivity index (χ3n) is 1.04. The van der Waals surface area contributed by atoms with E-state index in [4.69, 9.17) is 14.5 Å². The van der Waals surface area contributed by atoms with E-state index < -0.39 is 13.4 Å². The Kier molecular flexibility index (Phi) is 3.97. The van der Waals surface area contributed by atoms with Gasteiger partial charge in [0.05, 0.1) is 6.61 Å². The molecule has 66 valence electrons. The minimum absolute atomic E-state index is 0.187. The molecule has 0 bridgehead atoms. The van der Waals surface area contributed by atoms with Gasteiger partial charge in [0.1, 0.15) is 0 Å². The van der Waals surface area contributed by atoms with Crippen LogP contribution in [0.3, 0.4) is 0 Å². The van der Waals surface area contributed by atoms with Crippen molar-refractivity contribution in [2.45, 2.75) is 19.7 Å². The number of hydrogen-bond acceptors (Lipinski definition) is 2. The van der Waals surface area contributed by atoms with Gasteiger partial charge in [0, 0.05) is 0 Å². The van der Waals surface area contributed by atoms with Crippen molar-refractivity contribution in [1.29, 1.82) is 0 Å². The number of rotatable bonds is 4. The third-order valence-corrected chi connectivity index (χ3v) is 2.14. The van der Waals surface area contributed by atoms with Crippen LogP contribution < -0.4 is 0 Å². The predicted octanol–water partition coefficient (Wildman–Crippen LogP) is 1.10. The summed E-state index contributed by atoms with van der Waals surface area (Å²) in [6.45, 7) is 6.78. The lowest BCUT2D eigenvalue weighted by Crippen LogP contribution is -2.09. The average molecular weight is 180 g/mol. The lowest BCUT2D eigenvalue weighted by atomic mass is 10.4. The summed E-state index contributed by atoms with van der Waals surface area (Å²) in [5.74, 6) is -1.04. The highest BCUT2D eigenvalue weighted by atomic mass is 31.2. The predicted molar refractivity (Wildman–Crippen MR) is 42.3 cm³/mol. The van der Waals surface area contributed by atoms with Crippen molar-refractivity contribution in [3.8, 4) is 0 Å². The van der Waals surface area contributed by atoms with Gasteiger partial charge in [-0.05, 0) is 13.8 Å². The smallest absolute Gasteiger partial charge is 0.353 e. The zero-order chi connectivity index (χ0) is 9.07. The lowest BCUT2D eigenvalue weighted by Gasteiger charge is -2.13. The van der Waals surface area contributed by atoms with E-state index in [0.29, 0.717) is 0 Å². The normalized spacial score (nSPS) is 14.5. The molecule has 0 aromatic rings. The topological polar surface area (TPSA) is 66.8 Å². The fraction of sp³-hybridized carbons (Fsp3) is 0.667. The van der Waals surface area contributed by atoms with E-state index in [1.807, 2.05) is 0 Å². The highest BCUT2D eigenvalue weighted by Gasteiger charge is 2.24. The van der Waals surface area contributed by atoms with Gasteiger partial charge in [0.15, 0.2) is 5.85 Å². The van der Waals surface area contributed by atoms with E-state index in [9.17, 15) is 4.57 Å². The van der Waals surface area contributed by atoms with Crippen LogP contribution in [0.2, 0.25) is 0 Å². The average Bonchev–Trinajstić information content (AvgIpc) is 1.80. The van der Waals surface area contributed by atoms with Crippen molar-refractivity contribution >= 4 is 7.60 Å². The molecule has 0 aliphatic heterocycles. The monoisotopic (exact) mass is 180 g/mol. The Morgan fingerprint density at radius 1 is 1.73 bits per heavy atom. The fourth-order valence-corrected chi connectivity index (χ4v) is 0.629. The maximum atomic E-state index is 10.5. The Hall–Kier alpha value is -0.150. The highest BCUT2D eigenvalue weighted by Crippen LogP contribution is 2.41. The van der Waals surface area contributed by atoms with Crippen LogP contribution in [0.5, 0.6) is 0 Å². The van der Waals surface area contributed by atoms with Gasteiger partial charge < -0.3 is 14.5 Å². The summed E-state index contributed by atoms with van der Waals surface area (Å²) < 4.78 is 15.3. The van der Waals surface area contributed by atoms with Gasteiger partial charge in [-0.1, -0.05) is 12.2 Å². The molecule has 1 atom stereocenters. The van der Waals surface area contributed by atoms with Crippen LogP contribution in [0.4, 0.5) is 0 Å². The Bertz CT molecular complexity index is 183. The molecule has 0 amide bonds. The summed E-state index contributed by atoms with van der Waals surface area (Å²) in [5, 5.41) is 0. The summed E-state index contributed by atoms with van der Waals surface area (Å²) >= 11 is 0. The molecule has 0 spiro atoms. The van der Waals surface area contributed by atoms with Crippen molar-refractivity contribution in [3.05, 3.63) is 12.2 Å². The third kappa shape index (κ3) is 5.16. The fourth-order valence-electron chi connectivity index (χ4n) is 0.360. The first-order chi connectivity index (χ1) is 4.84. The van der Waals surface area contributed by atoms with E-state index >= 15 is 0 Å². The summed E-state index contributed by atoms with van der Waals surface area (Å²) in [7, 11) is -4.08. The quantitative estimate of drug-likeness (QED) is 0.502. The molecule has 0 saturated heterocycles. The standard InChI is InChI=1S/C6H13O4P/c1-5(2)4-10-6(3)11(7,8)9/h6H,1,4H2,2-3H3,(H2,7,8,9). The Labute approximate surface area is 66.0 Å². The molecule has 0 heterocycles. The molecular weight excluding hydrogens is 167 g/mol. The van der Waals surface area contributed by atoms with Gasteiger partial charge in [-0.2, -0.15) is 0 Å². The lowest BCUT2D eigenvalue weighted by molar-refractivity contribution is 0.115. The summed E-state index contributed by atoms with van der Waals surface area (Å²) in [4.78, 5) is 17.1. The van der Waals surface area contributed by atoms with E-state index in [-0.39, 0.29) is 6.61 Å². The van der Waals surface area contributed by atoms with Crippen LogP contribution in [-0.2, 0) is 9.30 Å². The summed E-state index contributed by atoms with van der Waals surface area (Å²) in [5.41, 5.74) is 0.741. The van der Waals surface area contributed by atoms with Gasteiger partial charge >= 0.3 is 7.60 Å². The molecule has 1 unspecified atom stereocenters. The van der Waals surface area contributed by atoms with E-state index in [1.54, 1.807) is 6.92 Å². The second-order valence-corrected chi connectivity index (χ2v) is 4.36. The molecule has 0 aromatic heterocycles. The molecular formula is C6H13O4P. The molecule has 5 heteroatoms. The molecule has 0 fully saturated rings. The van der Waals surface area contributed by atoms with Crippen LogP contribution in [0, 0.1) is 0 Å². The summed E-state index contributed by atoms with van der Waals surface area (Å²) in [6.07, 6.45) is 0. The van der Waals surface area contributed by atoms with Gasteiger partial charge in [-0.15, -0.1) is 0 Å². The van der Waals surface area contributed by atoms with Gasteiger partial charge in [0.25, 0.3) is 0 Å². The van der Waals surface area contributed by atoms with E-state index in [0.717, 1.165) is 5.57 Å². The van der Waals surface area contributed by atoms with Crippen LogP contribution in [0.25, 0.3) is 0 Å². The Morgan fingerprint density at radius 2 is 2.18 bits per heavy atom. The minimum atomic E-state index is -4.08. The number of hydrogen-bond donors (Lipinski definition) is 2. The molecule has 0 aliphatic rings. The molecule has 2 N–H and O–H groups in total. The largest absolute Gasteiger partial charge is 0.362 e. The van der Waals surface area contributed by atoms with Crippen LogP contribution in [-0.4, -0.2) is 22.2 Å². The first kappa shape index (κ1) is 10.8. The molecule has 0 rings (SSSR count). The van der Waals surface area contributed by atoms with E-state index in [2.05, 4.69) is 6.58 Å².